The van der Waals surface area contributed by atoms with Crippen molar-refractivity contribution in [1.82, 2.24) is 4.98 Å². The first-order chi connectivity index (χ1) is 17.1. The van der Waals surface area contributed by atoms with Crippen LogP contribution in [0.5, 0.6) is 5.75 Å². The zero-order valence-corrected chi connectivity index (χ0v) is 24.1. The molecule has 0 unspecified atom stereocenters. The molecule has 2 aromatic rings. The molecule has 12 heteroatoms. The van der Waals surface area contributed by atoms with Crippen molar-refractivity contribution >= 4 is 12.2 Å². The van der Waals surface area contributed by atoms with Gasteiger partial charge >= 0.3 is 5.97 Å². The fourth-order valence-electron chi connectivity index (χ4n) is 3.66. The number of aromatic hydroxyl groups is 1. The van der Waals surface area contributed by atoms with E-state index in [0.717, 1.165) is 11.1 Å². The molecule has 0 bridgehead atoms. The molecule has 0 spiro atoms. The van der Waals surface area contributed by atoms with Crippen LogP contribution in [0.3, 0.4) is 0 Å². The Morgan fingerprint density at radius 3 is 2.10 bits per heavy atom. The first-order valence-corrected chi connectivity index (χ1v) is 11.9. The molecule has 5 atom stereocenters. The van der Waals surface area contributed by atoms with Gasteiger partial charge in [0.15, 0.2) is 6.29 Å². The van der Waals surface area contributed by atoms with Gasteiger partial charge in [-0.05, 0) is 34.6 Å². The minimum Gasteiger partial charge on any atom is -0.507 e. The van der Waals surface area contributed by atoms with E-state index in [4.69, 9.17) is 14.9 Å². The normalized spacial score (nSPS) is 23.2. The Balaban J connectivity index is 0.00000112. The molecule has 1 fully saturated rings. The number of pyridine rings is 1. The number of hydrogen-bond acceptors (Lipinski definition) is 9. The molecular weight excluding hydrogens is 551 g/mol. The largest absolute Gasteiger partial charge is 0.507 e. The third kappa shape index (κ3) is 9.63. The summed E-state index contributed by atoms with van der Waals surface area (Å²) < 4.78 is 5.12. The number of aromatic carboxylic acids is 1. The molecule has 0 amide bonds. The quantitative estimate of drug-likeness (QED) is 0.223. The summed E-state index contributed by atoms with van der Waals surface area (Å²) in [5, 5.41) is 58.6. The average Bonchev–Trinajstić information content (AvgIpc) is 2.81. The Kier molecular flexibility index (Phi) is 13.9. The minimum absolute atomic E-state index is 0. The zero-order chi connectivity index (χ0) is 28.1. The number of carbonyl (C=O) groups is 1. The van der Waals surface area contributed by atoms with E-state index in [-0.39, 0.29) is 44.8 Å². The summed E-state index contributed by atoms with van der Waals surface area (Å²) in [6.07, 6.45) is -2.53. The summed E-state index contributed by atoms with van der Waals surface area (Å²) in [6.45, 7) is 11.7. The van der Waals surface area contributed by atoms with E-state index in [0.29, 0.717) is 5.56 Å². The van der Waals surface area contributed by atoms with Gasteiger partial charge < -0.3 is 40.9 Å². The Morgan fingerprint density at radius 1 is 1.05 bits per heavy atom. The van der Waals surface area contributed by atoms with Gasteiger partial charge in [-0.1, -0.05) is 53.7 Å². The molecule has 219 valence electrons. The Bertz CT molecular complexity index is 1090. The summed E-state index contributed by atoms with van der Waals surface area (Å²) in [6, 6.07) is 7.42. The number of aliphatic hydroxyl groups is 4. The first kappa shape index (κ1) is 36.6. The van der Waals surface area contributed by atoms with Gasteiger partial charge in [-0.2, -0.15) is 0 Å². The van der Waals surface area contributed by atoms with Gasteiger partial charge in [0, 0.05) is 40.6 Å². The number of phenolic OH excluding ortho intramolecular Hbond substituents is 1. The number of carboxylic acids is 1. The minimum atomic E-state index is -1.48. The number of ether oxygens (including phenoxy) is 1. The van der Waals surface area contributed by atoms with E-state index in [1.165, 1.54) is 18.5 Å². The van der Waals surface area contributed by atoms with Crippen molar-refractivity contribution in [2.75, 3.05) is 6.61 Å². The number of aliphatic imine (C=N–C) groups is 1. The molecule has 2 heterocycles. The predicted octanol–water partition coefficient (Wildman–Crippen LogP) is 1.16. The van der Waals surface area contributed by atoms with E-state index in [2.05, 4.69) is 30.7 Å². The van der Waals surface area contributed by atoms with Gasteiger partial charge in [-0.3, -0.25) is 4.99 Å². The fraction of sp³-hybridized carbons (Fsp3) is 0.519. The molecule has 11 nitrogen and oxygen atoms in total. The van der Waals surface area contributed by atoms with Crippen molar-refractivity contribution in [3.8, 4) is 5.75 Å². The summed E-state index contributed by atoms with van der Waals surface area (Å²) in [4.78, 5) is 17.9. The molecule has 1 aromatic carbocycles. The second kappa shape index (κ2) is 14.8. The number of rotatable bonds is 4. The third-order valence-electron chi connectivity index (χ3n) is 5.95. The van der Waals surface area contributed by atoms with E-state index < -0.39 is 43.2 Å². The number of nitrogens with zero attached hydrogens (tertiary/aromatic N) is 2. The van der Waals surface area contributed by atoms with E-state index in [1.807, 2.05) is 32.9 Å². The van der Waals surface area contributed by atoms with Crippen LogP contribution in [0.4, 0.5) is 0 Å². The number of hydrogen-bond donors (Lipinski definition) is 6. The number of benzene rings is 1. The van der Waals surface area contributed by atoms with E-state index in [1.54, 1.807) is 12.1 Å². The van der Waals surface area contributed by atoms with E-state index >= 15 is 0 Å². The number of aliphatic hydroxyl groups excluding tert-OH is 4. The summed E-state index contributed by atoms with van der Waals surface area (Å²) in [5.41, 5.74) is 1.85. The zero-order valence-electron chi connectivity index (χ0n) is 22.9. The summed E-state index contributed by atoms with van der Waals surface area (Å²) in [7, 11) is 0. The number of aromatic nitrogens is 1. The van der Waals surface area contributed by atoms with Gasteiger partial charge in [0.2, 0.25) is 0 Å². The van der Waals surface area contributed by atoms with Crippen molar-refractivity contribution in [3.63, 3.8) is 0 Å². The Morgan fingerprint density at radius 2 is 1.67 bits per heavy atom. The average molecular weight is 592 g/mol. The standard InChI is InChI=1S/C21H33NO6.C6H5NO2.Mn.H2O/c1-20(2,3)12-7-11(16(24)13(8-12)21(4,5)6)9-22-15-18(26)17(25)14(10-23)28-19(15)27;8-6(9)5-3-1-2-4-7-5;;/h7-9,14-15,17-19,23-27H,10H2,1-6H3;1-4H,(H,8,9);;1H2/t14-,15-,17-,18-,19-;;;/m1.../s1. The number of carboxylic acid groups (broad SMARTS) is 1. The molecule has 8 N–H and O–H groups in total. The molecule has 39 heavy (non-hydrogen) atoms. The topological polar surface area (TPSA) is 204 Å². The second-order valence-electron chi connectivity index (χ2n) is 11.0. The third-order valence-corrected chi connectivity index (χ3v) is 5.95. The van der Waals surface area contributed by atoms with Gasteiger partial charge in [-0.25, -0.2) is 9.78 Å². The van der Waals surface area contributed by atoms with Crippen LogP contribution in [0.15, 0.2) is 41.5 Å². The maximum Gasteiger partial charge on any atom is 0.354 e. The summed E-state index contributed by atoms with van der Waals surface area (Å²) in [5.74, 6) is -0.908. The molecule has 1 aliphatic heterocycles. The maximum absolute atomic E-state index is 10.8. The summed E-state index contributed by atoms with van der Waals surface area (Å²) >= 11 is 0. The van der Waals surface area contributed by atoms with Crippen molar-refractivity contribution in [2.24, 2.45) is 4.99 Å². The van der Waals surface area contributed by atoms with Crippen molar-refractivity contribution < 1.29 is 62.7 Å². The molecular formula is C27H40MnN2O9. The van der Waals surface area contributed by atoms with Crippen molar-refractivity contribution in [2.45, 2.75) is 83.0 Å². The molecule has 1 radical (unpaired) electrons. The van der Waals surface area contributed by atoms with Crippen molar-refractivity contribution in [3.05, 3.63) is 58.9 Å². The van der Waals surface area contributed by atoms with Crippen LogP contribution >= 0.6 is 0 Å². The monoisotopic (exact) mass is 591 g/mol. The Hall–Kier alpha value is -2.41. The van der Waals surface area contributed by atoms with Gasteiger partial charge in [0.25, 0.3) is 0 Å². The fourth-order valence-corrected chi connectivity index (χ4v) is 3.66. The predicted molar refractivity (Wildman–Crippen MR) is 142 cm³/mol. The van der Waals surface area contributed by atoms with E-state index in [9.17, 15) is 25.2 Å². The second-order valence-corrected chi connectivity index (χ2v) is 11.0. The van der Waals surface area contributed by atoms with Crippen LogP contribution < -0.4 is 0 Å². The molecule has 1 aliphatic rings. The smallest absolute Gasteiger partial charge is 0.354 e. The first-order valence-electron chi connectivity index (χ1n) is 11.9. The van der Waals surface area contributed by atoms with Crippen LogP contribution in [0.1, 0.15) is 68.7 Å². The van der Waals surface area contributed by atoms with Gasteiger partial charge in [0.1, 0.15) is 35.8 Å². The Labute approximate surface area is 239 Å². The van der Waals surface area contributed by atoms with Crippen LogP contribution in [0.25, 0.3) is 0 Å². The van der Waals surface area contributed by atoms with Gasteiger partial charge in [0.05, 0.1) is 6.61 Å². The molecule has 1 aromatic heterocycles. The van der Waals surface area contributed by atoms with Crippen molar-refractivity contribution in [1.29, 1.82) is 0 Å². The molecule has 1 saturated heterocycles. The number of phenols is 1. The van der Waals surface area contributed by atoms with Crippen LogP contribution in [0.2, 0.25) is 0 Å². The van der Waals surface area contributed by atoms with Crippen LogP contribution in [0, 0.1) is 0 Å². The maximum atomic E-state index is 10.8. The SMILES string of the molecule is CC(C)(C)c1cc(C=N[C@@H]2[C@@H](O)[C@H](O)[C@@H](CO)O[C@H]2O)c(O)c(C(C)(C)C)c1.O.O=C(O)c1ccccn1.[Mn]. The molecule has 0 aliphatic carbocycles. The van der Waals surface area contributed by atoms with Crippen LogP contribution in [-0.4, -0.2) is 90.5 Å². The van der Waals surface area contributed by atoms with Crippen LogP contribution in [-0.2, 0) is 32.6 Å². The van der Waals surface area contributed by atoms with Gasteiger partial charge in [-0.15, -0.1) is 0 Å². The molecule has 3 rings (SSSR count). The molecule has 0 saturated carbocycles.